The number of carbonyl (C=O) groups excluding carboxylic acids is 1. The normalized spacial score (nSPS) is 15.9. The first-order chi connectivity index (χ1) is 11.9. The maximum atomic E-state index is 13.9. The van der Waals surface area contributed by atoms with Gasteiger partial charge in [-0.1, -0.05) is 42.2 Å². The van der Waals surface area contributed by atoms with Gasteiger partial charge in [0.25, 0.3) is 5.91 Å². The summed E-state index contributed by atoms with van der Waals surface area (Å²) in [6.45, 7) is 0. The van der Waals surface area contributed by atoms with Crippen molar-refractivity contribution in [3.63, 3.8) is 0 Å². The van der Waals surface area contributed by atoms with E-state index in [1.807, 2.05) is 0 Å². The number of nitro groups is 1. The Bertz CT molecular complexity index is 945. The fraction of sp³-hybridized carbons (Fsp3) is 0. The number of phenols is 1. The van der Waals surface area contributed by atoms with Crippen LogP contribution in [0.5, 0.6) is 5.75 Å². The van der Waals surface area contributed by atoms with Crippen LogP contribution in [0.1, 0.15) is 5.56 Å². The number of benzene rings is 2. The average Bonchev–Trinajstić information content (AvgIpc) is 2.84. The van der Waals surface area contributed by atoms with Crippen LogP contribution in [0.15, 0.2) is 47.4 Å². The highest BCUT2D eigenvalue weighted by Crippen LogP contribution is 2.37. The molecular formula is C16H9FN2O4S2. The van der Waals surface area contributed by atoms with E-state index in [-0.39, 0.29) is 14.9 Å². The number of phenolic OH excluding ortho intramolecular Hbond substituents is 1. The van der Waals surface area contributed by atoms with Crippen LogP contribution in [-0.4, -0.2) is 20.3 Å². The molecule has 3 rings (SSSR count). The fourth-order valence-corrected chi connectivity index (χ4v) is 3.52. The Kier molecular flexibility index (Phi) is 4.51. The summed E-state index contributed by atoms with van der Waals surface area (Å²) in [4.78, 5) is 24.0. The first kappa shape index (κ1) is 17.1. The topological polar surface area (TPSA) is 83.7 Å². The van der Waals surface area contributed by atoms with Crippen molar-refractivity contribution in [2.45, 2.75) is 0 Å². The van der Waals surface area contributed by atoms with Crippen LogP contribution in [0.2, 0.25) is 0 Å². The minimum absolute atomic E-state index is 0.0464. The molecule has 1 aliphatic heterocycles. The predicted octanol–water partition coefficient (Wildman–Crippen LogP) is 3.85. The minimum Gasteiger partial charge on any atom is -0.502 e. The molecule has 9 heteroatoms. The summed E-state index contributed by atoms with van der Waals surface area (Å²) < 4.78 is 14.1. The molecule has 1 saturated heterocycles. The third kappa shape index (κ3) is 3.24. The summed E-state index contributed by atoms with van der Waals surface area (Å²) in [6.07, 6.45) is 1.41. The molecule has 1 aliphatic rings. The predicted molar refractivity (Wildman–Crippen MR) is 96.8 cm³/mol. The molecule has 6 nitrogen and oxygen atoms in total. The Hall–Kier alpha value is -2.78. The molecule has 0 unspecified atom stereocenters. The first-order valence-electron chi connectivity index (χ1n) is 6.88. The Balaban J connectivity index is 1.98. The van der Waals surface area contributed by atoms with E-state index in [2.05, 4.69) is 0 Å². The van der Waals surface area contributed by atoms with Crippen LogP contribution in [0.3, 0.4) is 0 Å². The number of rotatable bonds is 3. The highest BCUT2D eigenvalue weighted by Gasteiger charge is 2.34. The van der Waals surface area contributed by atoms with Crippen molar-refractivity contribution in [1.29, 1.82) is 0 Å². The van der Waals surface area contributed by atoms with E-state index < -0.39 is 28.1 Å². The number of thiocarbonyl (C=S) groups is 1. The summed E-state index contributed by atoms with van der Waals surface area (Å²) in [7, 11) is 0. The minimum atomic E-state index is -0.725. The molecule has 0 aromatic heterocycles. The Morgan fingerprint density at radius 1 is 1.28 bits per heavy atom. The van der Waals surface area contributed by atoms with Crippen LogP contribution in [-0.2, 0) is 4.79 Å². The molecule has 1 amide bonds. The molecule has 2 aromatic rings. The molecule has 1 N–H and O–H groups in total. The lowest BCUT2D eigenvalue weighted by Gasteiger charge is -2.14. The fourth-order valence-electron chi connectivity index (χ4n) is 2.24. The van der Waals surface area contributed by atoms with Crippen LogP contribution in [0.25, 0.3) is 6.08 Å². The number of aromatic hydroxyl groups is 1. The summed E-state index contributed by atoms with van der Waals surface area (Å²) in [6, 6.07) is 9.49. The van der Waals surface area contributed by atoms with E-state index >= 15 is 0 Å². The molecule has 0 bridgehead atoms. The molecule has 126 valence electrons. The summed E-state index contributed by atoms with van der Waals surface area (Å²) in [5, 5.41) is 20.4. The standard InChI is InChI=1S/C16H9FN2O4S2/c17-10-3-1-2-4-11(10)18-15(21)14(25-16(18)24)8-9-5-6-13(20)12(7-9)19(22)23/h1-8,20H/b14-8-. The smallest absolute Gasteiger partial charge is 0.311 e. The van der Waals surface area contributed by atoms with Crippen LogP contribution < -0.4 is 4.90 Å². The number of nitrogens with zero attached hydrogens (tertiary/aromatic N) is 2. The second-order valence-electron chi connectivity index (χ2n) is 4.97. The number of hydrogen-bond acceptors (Lipinski definition) is 6. The van der Waals surface area contributed by atoms with Crippen molar-refractivity contribution in [1.82, 2.24) is 0 Å². The van der Waals surface area contributed by atoms with Crippen LogP contribution >= 0.6 is 24.0 Å². The van der Waals surface area contributed by atoms with Crippen molar-refractivity contribution in [2.24, 2.45) is 0 Å². The highest BCUT2D eigenvalue weighted by atomic mass is 32.2. The van der Waals surface area contributed by atoms with Crippen molar-refractivity contribution < 1.29 is 19.2 Å². The van der Waals surface area contributed by atoms with Gasteiger partial charge in [-0.15, -0.1) is 0 Å². The van der Waals surface area contributed by atoms with E-state index in [1.54, 1.807) is 6.07 Å². The molecule has 1 fully saturated rings. The lowest BCUT2D eigenvalue weighted by atomic mass is 10.1. The number of nitro benzene ring substituents is 1. The van der Waals surface area contributed by atoms with Crippen molar-refractivity contribution in [3.8, 4) is 5.75 Å². The third-order valence-electron chi connectivity index (χ3n) is 3.38. The second kappa shape index (κ2) is 6.61. The lowest BCUT2D eigenvalue weighted by molar-refractivity contribution is -0.385. The van der Waals surface area contributed by atoms with Gasteiger partial charge in [0.2, 0.25) is 0 Å². The van der Waals surface area contributed by atoms with Gasteiger partial charge in [-0.25, -0.2) is 4.39 Å². The molecule has 25 heavy (non-hydrogen) atoms. The van der Waals surface area contributed by atoms with Gasteiger partial charge in [0.15, 0.2) is 10.1 Å². The monoisotopic (exact) mass is 376 g/mol. The molecule has 0 aliphatic carbocycles. The Morgan fingerprint density at radius 3 is 2.68 bits per heavy atom. The van der Waals surface area contributed by atoms with Gasteiger partial charge >= 0.3 is 5.69 Å². The highest BCUT2D eigenvalue weighted by molar-refractivity contribution is 8.27. The van der Waals surface area contributed by atoms with Crippen LogP contribution in [0.4, 0.5) is 15.8 Å². The van der Waals surface area contributed by atoms with Crippen molar-refractivity contribution in [3.05, 3.63) is 68.9 Å². The van der Waals surface area contributed by atoms with Gasteiger partial charge in [0.05, 0.1) is 15.5 Å². The van der Waals surface area contributed by atoms with Crippen LogP contribution in [0, 0.1) is 15.9 Å². The van der Waals surface area contributed by atoms with E-state index in [9.17, 15) is 24.4 Å². The zero-order valence-corrected chi connectivity index (χ0v) is 14.0. The number of hydrogen-bond donors (Lipinski definition) is 1. The van der Waals surface area contributed by atoms with E-state index in [1.165, 1.54) is 36.4 Å². The summed E-state index contributed by atoms with van der Waals surface area (Å²) >= 11 is 6.12. The molecular weight excluding hydrogens is 367 g/mol. The number of thioether (sulfide) groups is 1. The lowest BCUT2D eigenvalue weighted by Crippen LogP contribution is -2.28. The van der Waals surface area contributed by atoms with Gasteiger partial charge < -0.3 is 5.11 Å². The van der Waals surface area contributed by atoms with Crippen molar-refractivity contribution in [2.75, 3.05) is 4.90 Å². The first-order valence-corrected chi connectivity index (χ1v) is 8.11. The molecule has 2 aromatic carbocycles. The molecule has 1 heterocycles. The number of anilines is 1. The largest absolute Gasteiger partial charge is 0.502 e. The van der Waals surface area contributed by atoms with Gasteiger partial charge in [0, 0.05) is 6.07 Å². The van der Waals surface area contributed by atoms with Gasteiger partial charge in [-0.3, -0.25) is 19.8 Å². The zero-order chi connectivity index (χ0) is 18.1. The quantitative estimate of drug-likeness (QED) is 0.379. The SMILES string of the molecule is O=C1/C(=C/c2ccc(O)c([N+](=O)[O-])c2)SC(=S)N1c1ccccc1F. The molecule has 0 spiro atoms. The van der Waals surface area contributed by atoms with Crippen molar-refractivity contribution >= 4 is 51.7 Å². The number of carbonyl (C=O) groups is 1. The van der Waals surface area contributed by atoms with E-state index in [0.29, 0.717) is 5.56 Å². The summed E-state index contributed by atoms with van der Waals surface area (Å²) in [5.74, 6) is -1.57. The van der Waals surface area contributed by atoms with Gasteiger partial charge in [-0.2, -0.15) is 0 Å². The Labute approximate surface area is 150 Å². The van der Waals surface area contributed by atoms with E-state index in [4.69, 9.17) is 12.2 Å². The zero-order valence-electron chi connectivity index (χ0n) is 12.4. The van der Waals surface area contributed by atoms with Gasteiger partial charge in [0.1, 0.15) is 5.82 Å². The number of amides is 1. The maximum Gasteiger partial charge on any atom is 0.311 e. The average molecular weight is 376 g/mol. The van der Waals surface area contributed by atoms with E-state index in [0.717, 1.165) is 22.7 Å². The summed E-state index contributed by atoms with van der Waals surface area (Å²) in [5.41, 5.74) is -0.0815. The third-order valence-corrected chi connectivity index (χ3v) is 4.68. The molecule has 0 saturated carbocycles. The molecule has 0 radical (unpaired) electrons. The Morgan fingerprint density at radius 2 is 2.00 bits per heavy atom. The second-order valence-corrected chi connectivity index (χ2v) is 6.65. The number of para-hydroxylation sites is 1. The van der Waals surface area contributed by atoms with Gasteiger partial charge in [-0.05, 0) is 29.8 Å². The molecule has 0 atom stereocenters. The maximum absolute atomic E-state index is 13.9. The number of halogens is 1.